The van der Waals surface area contributed by atoms with Crippen LogP contribution < -0.4 is 11.1 Å². The Hall–Kier alpha value is -1.17. The van der Waals surface area contributed by atoms with E-state index in [2.05, 4.69) is 16.7 Å². The lowest BCUT2D eigenvalue weighted by Crippen LogP contribution is -2.34. The van der Waals surface area contributed by atoms with Gasteiger partial charge in [-0.05, 0) is 25.5 Å². The number of hydrogen-bond donors (Lipinski definition) is 2. The number of nitrogens with zero attached hydrogens (tertiary/aromatic N) is 2. The van der Waals surface area contributed by atoms with Gasteiger partial charge in [0.1, 0.15) is 5.69 Å². The SMILES string of the molecule is CSC1CCC(NC(=O)c2c(N)cnn2C)C1. The van der Waals surface area contributed by atoms with Crippen molar-refractivity contribution >= 4 is 23.4 Å². The first kappa shape index (κ1) is 12.3. The number of aryl methyl sites for hydroxylation is 1. The first-order valence-electron chi connectivity index (χ1n) is 5.73. The fourth-order valence-corrected chi connectivity index (χ4v) is 3.07. The number of aromatic nitrogens is 2. The molecule has 1 aliphatic carbocycles. The third-order valence-corrected chi connectivity index (χ3v) is 4.33. The zero-order valence-corrected chi connectivity index (χ0v) is 11.0. The maximum atomic E-state index is 12.0. The minimum atomic E-state index is -0.116. The molecule has 1 aromatic heterocycles. The highest BCUT2D eigenvalue weighted by molar-refractivity contribution is 7.99. The van der Waals surface area contributed by atoms with Gasteiger partial charge in [0.25, 0.3) is 5.91 Å². The van der Waals surface area contributed by atoms with Crippen LogP contribution >= 0.6 is 11.8 Å². The van der Waals surface area contributed by atoms with Crippen molar-refractivity contribution in [3.05, 3.63) is 11.9 Å². The third kappa shape index (κ3) is 2.57. The maximum absolute atomic E-state index is 12.0. The molecule has 1 heterocycles. The maximum Gasteiger partial charge on any atom is 0.271 e. The molecule has 1 saturated carbocycles. The lowest BCUT2D eigenvalue weighted by atomic mass is 10.2. The largest absolute Gasteiger partial charge is 0.396 e. The lowest BCUT2D eigenvalue weighted by molar-refractivity contribution is 0.0929. The van der Waals surface area contributed by atoms with E-state index in [9.17, 15) is 4.79 Å². The van der Waals surface area contributed by atoms with Crippen LogP contribution in [0.2, 0.25) is 0 Å². The Morgan fingerprint density at radius 1 is 1.65 bits per heavy atom. The van der Waals surface area contributed by atoms with Gasteiger partial charge in [-0.15, -0.1) is 0 Å². The number of nitrogen functional groups attached to an aromatic ring is 1. The summed E-state index contributed by atoms with van der Waals surface area (Å²) in [5, 5.41) is 7.67. The average Bonchev–Trinajstić information content (AvgIpc) is 2.86. The van der Waals surface area contributed by atoms with Crippen LogP contribution in [0, 0.1) is 0 Å². The molecule has 6 heteroatoms. The minimum Gasteiger partial charge on any atom is -0.396 e. The first-order chi connectivity index (χ1) is 8.11. The van der Waals surface area contributed by atoms with Gasteiger partial charge < -0.3 is 11.1 Å². The molecule has 2 unspecified atom stereocenters. The van der Waals surface area contributed by atoms with Crippen LogP contribution in [0.25, 0.3) is 0 Å². The predicted octanol–water partition coefficient (Wildman–Crippen LogP) is 1.02. The topological polar surface area (TPSA) is 72.9 Å². The molecular formula is C11H18N4OS. The number of carbonyl (C=O) groups is 1. The van der Waals surface area contributed by atoms with E-state index >= 15 is 0 Å². The minimum absolute atomic E-state index is 0.116. The second-order valence-electron chi connectivity index (χ2n) is 4.41. The van der Waals surface area contributed by atoms with Crippen LogP contribution in [0.1, 0.15) is 29.8 Å². The van der Waals surface area contributed by atoms with Gasteiger partial charge in [-0.2, -0.15) is 16.9 Å². The average molecular weight is 254 g/mol. The first-order valence-corrected chi connectivity index (χ1v) is 7.01. The molecule has 94 valence electrons. The van der Waals surface area contributed by atoms with E-state index in [0.717, 1.165) is 12.8 Å². The molecule has 0 spiro atoms. The number of carbonyl (C=O) groups excluding carboxylic acids is 1. The number of thioether (sulfide) groups is 1. The number of rotatable bonds is 3. The Labute approximate surface area is 105 Å². The molecule has 0 aromatic carbocycles. The molecule has 1 fully saturated rings. The Bertz CT molecular complexity index is 398. The van der Waals surface area contributed by atoms with Gasteiger partial charge in [-0.3, -0.25) is 9.48 Å². The molecule has 3 N–H and O–H groups in total. The summed E-state index contributed by atoms with van der Waals surface area (Å²) >= 11 is 1.87. The summed E-state index contributed by atoms with van der Waals surface area (Å²) in [5.74, 6) is -0.116. The highest BCUT2D eigenvalue weighted by Crippen LogP contribution is 2.28. The quantitative estimate of drug-likeness (QED) is 0.844. The Kier molecular flexibility index (Phi) is 3.61. The van der Waals surface area contributed by atoms with Crippen LogP contribution in [0.15, 0.2) is 6.20 Å². The van der Waals surface area contributed by atoms with E-state index in [4.69, 9.17) is 5.73 Å². The molecule has 1 amide bonds. The van der Waals surface area contributed by atoms with E-state index in [1.807, 2.05) is 11.8 Å². The smallest absolute Gasteiger partial charge is 0.271 e. The molecule has 2 atom stereocenters. The van der Waals surface area contributed by atoms with E-state index < -0.39 is 0 Å². The standard InChI is InChI=1S/C11H18N4OS/c1-15-10(9(12)6-13-15)11(16)14-7-3-4-8(5-7)17-2/h6-8H,3-5,12H2,1-2H3,(H,14,16). The summed E-state index contributed by atoms with van der Waals surface area (Å²) in [6.45, 7) is 0. The third-order valence-electron chi connectivity index (χ3n) is 3.24. The summed E-state index contributed by atoms with van der Waals surface area (Å²) < 4.78 is 1.52. The highest BCUT2D eigenvalue weighted by Gasteiger charge is 2.26. The van der Waals surface area contributed by atoms with E-state index in [-0.39, 0.29) is 11.9 Å². The Morgan fingerprint density at radius 3 is 2.94 bits per heavy atom. The summed E-state index contributed by atoms with van der Waals surface area (Å²) in [7, 11) is 1.73. The lowest BCUT2D eigenvalue weighted by Gasteiger charge is -2.13. The van der Waals surface area contributed by atoms with Gasteiger partial charge in [0.15, 0.2) is 0 Å². The van der Waals surface area contributed by atoms with Crippen LogP contribution in [0.3, 0.4) is 0 Å². The van der Waals surface area contributed by atoms with E-state index in [1.54, 1.807) is 7.05 Å². The van der Waals surface area contributed by atoms with Crippen molar-refractivity contribution in [3.8, 4) is 0 Å². The zero-order chi connectivity index (χ0) is 12.4. The predicted molar refractivity (Wildman–Crippen MR) is 70.0 cm³/mol. The molecule has 0 saturated heterocycles. The highest BCUT2D eigenvalue weighted by atomic mass is 32.2. The molecule has 0 bridgehead atoms. The summed E-state index contributed by atoms with van der Waals surface area (Å²) in [5.41, 5.74) is 6.61. The molecule has 0 radical (unpaired) electrons. The number of hydrogen-bond acceptors (Lipinski definition) is 4. The van der Waals surface area contributed by atoms with Gasteiger partial charge in [-0.25, -0.2) is 0 Å². The summed E-state index contributed by atoms with van der Waals surface area (Å²) in [6.07, 6.45) is 6.90. The van der Waals surface area contributed by atoms with Crippen molar-refractivity contribution in [2.75, 3.05) is 12.0 Å². The number of nitrogens with one attached hydrogen (secondary N) is 1. The fourth-order valence-electron chi connectivity index (χ4n) is 2.27. The van der Waals surface area contributed by atoms with Gasteiger partial charge in [0, 0.05) is 18.3 Å². The zero-order valence-electron chi connectivity index (χ0n) is 10.1. The van der Waals surface area contributed by atoms with Crippen molar-refractivity contribution in [1.29, 1.82) is 0 Å². The van der Waals surface area contributed by atoms with Crippen LogP contribution in [-0.2, 0) is 7.05 Å². The summed E-state index contributed by atoms with van der Waals surface area (Å²) in [6, 6.07) is 0.272. The fraction of sp³-hybridized carbons (Fsp3) is 0.636. The number of anilines is 1. The van der Waals surface area contributed by atoms with E-state index in [0.29, 0.717) is 16.6 Å². The normalized spacial score (nSPS) is 23.9. The molecule has 1 aliphatic rings. The van der Waals surface area contributed by atoms with Crippen LogP contribution in [0.4, 0.5) is 5.69 Å². The van der Waals surface area contributed by atoms with Crippen LogP contribution in [-0.4, -0.2) is 33.2 Å². The molecule has 5 nitrogen and oxygen atoms in total. The van der Waals surface area contributed by atoms with Gasteiger partial charge in [-0.1, -0.05) is 0 Å². The van der Waals surface area contributed by atoms with Gasteiger partial charge in [0.2, 0.25) is 0 Å². The molecular weight excluding hydrogens is 236 g/mol. The monoisotopic (exact) mass is 254 g/mol. The van der Waals surface area contributed by atoms with Crippen molar-refractivity contribution in [2.24, 2.45) is 7.05 Å². The molecule has 1 aromatic rings. The Morgan fingerprint density at radius 2 is 2.41 bits per heavy atom. The Balaban J connectivity index is 1.99. The van der Waals surface area contributed by atoms with Crippen molar-refractivity contribution in [2.45, 2.75) is 30.6 Å². The molecule has 17 heavy (non-hydrogen) atoms. The number of nitrogens with two attached hydrogens (primary N) is 1. The van der Waals surface area contributed by atoms with E-state index in [1.165, 1.54) is 17.3 Å². The second-order valence-corrected chi connectivity index (χ2v) is 5.55. The van der Waals surface area contributed by atoms with Gasteiger partial charge >= 0.3 is 0 Å². The second kappa shape index (κ2) is 5.00. The van der Waals surface area contributed by atoms with Crippen molar-refractivity contribution < 1.29 is 4.79 Å². The number of amides is 1. The van der Waals surface area contributed by atoms with Crippen molar-refractivity contribution in [1.82, 2.24) is 15.1 Å². The van der Waals surface area contributed by atoms with Crippen LogP contribution in [0.5, 0.6) is 0 Å². The summed E-state index contributed by atoms with van der Waals surface area (Å²) in [4.78, 5) is 12.0. The van der Waals surface area contributed by atoms with Gasteiger partial charge in [0.05, 0.1) is 11.9 Å². The van der Waals surface area contributed by atoms with Crippen molar-refractivity contribution in [3.63, 3.8) is 0 Å². The molecule has 2 rings (SSSR count). The molecule has 0 aliphatic heterocycles.